The van der Waals surface area contributed by atoms with E-state index in [-0.39, 0.29) is 32.0 Å². The summed E-state index contributed by atoms with van der Waals surface area (Å²) >= 11 is 1.53. The smallest absolute Gasteiger partial charge is 0.405 e. The van der Waals surface area contributed by atoms with Crippen LogP contribution in [0.5, 0.6) is 0 Å². The van der Waals surface area contributed by atoms with Gasteiger partial charge in [-0.15, -0.1) is 11.8 Å². The number of rotatable bonds is 6. The molecule has 1 saturated heterocycles. The number of nitriles is 1. The number of carbonyl (C=O) groups is 3. The molecule has 3 unspecified atom stereocenters. The highest BCUT2D eigenvalue weighted by molar-refractivity contribution is 8.00. The summed E-state index contributed by atoms with van der Waals surface area (Å²) in [5.41, 5.74) is 1.97. The number of carbonyl (C=O) groups excluding carboxylic acids is 2. The van der Waals surface area contributed by atoms with Gasteiger partial charge in [-0.1, -0.05) is 51.1 Å². The fraction of sp³-hybridized carbons (Fsp3) is 0.448. The first-order chi connectivity index (χ1) is 18.4. The minimum Gasteiger partial charge on any atom is -0.465 e. The minimum atomic E-state index is -1.40. The molecule has 0 spiro atoms. The van der Waals surface area contributed by atoms with Crippen LogP contribution in [0.15, 0.2) is 47.4 Å². The van der Waals surface area contributed by atoms with Gasteiger partial charge in [0.05, 0.1) is 24.1 Å². The molecule has 3 atom stereocenters. The molecule has 10 heteroatoms. The molecular formula is C29H34N4O5S. The van der Waals surface area contributed by atoms with Gasteiger partial charge >= 0.3 is 6.09 Å². The molecule has 9 nitrogen and oxygen atoms in total. The molecule has 4 rings (SSSR count). The Labute approximate surface area is 232 Å². The van der Waals surface area contributed by atoms with Gasteiger partial charge in [0.25, 0.3) is 0 Å². The van der Waals surface area contributed by atoms with Crippen LogP contribution >= 0.6 is 11.8 Å². The van der Waals surface area contributed by atoms with Gasteiger partial charge in [-0.05, 0) is 34.2 Å². The largest absolute Gasteiger partial charge is 0.465 e. The molecule has 3 amide bonds. The molecule has 2 aliphatic rings. The zero-order valence-corrected chi connectivity index (χ0v) is 23.4. The van der Waals surface area contributed by atoms with Crippen LogP contribution in [-0.2, 0) is 20.7 Å². The van der Waals surface area contributed by atoms with E-state index in [2.05, 4.69) is 22.8 Å². The molecular weight excluding hydrogens is 516 g/mol. The summed E-state index contributed by atoms with van der Waals surface area (Å²) in [6.07, 6.45) is -0.831. The second-order valence-corrected chi connectivity index (χ2v) is 12.1. The Morgan fingerprint density at radius 2 is 1.92 bits per heavy atom. The van der Waals surface area contributed by atoms with Gasteiger partial charge in [-0.25, -0.2) is 4.79 Å². The van der Waals surface area contributed by atoms with Gasteiger partial charge in [0, 0.05) is 37.3 Å². The SMILES string of the molecule is CN1C(=O)CSc2cc(-c3ccc(CC(C#N)NC(=O)C4(NC(=O)O)CCOCC4C(C)(C)C)cc3)ccc21. The number of anilines is 1. The predicted octanol–water partition coefficient (Wildman–Crippen LogP) is 4.06. The van der Waals surface area contributed by atoms with E-state index in [1.165, 1.54) is 11.8 Å². The number of nitrogens with one attached hydrogen (secondary N) is 2. The predicted molar refractivity (Wildman–Crippen MR) is 150 cm³/mol. The van der Waals surface area contributed by atoms with Crippen LogP contribution in [-0.4, -0.2) is 60.6 Å². The molecule has 2 heterocycles. The third kappa shape index (κ3) is 6.05. The number of nitrogens with zero attached hydrogens (tertiary/aromatic N) is 2. The molecule has 2 aromatic rings. The van der Waals surface area contributed by atoms with E-state index in [1.807, 2.05) is 57.2 Å². The van der Waals surface area contributed by atoms with Gasteiger partial charge in [-0.3, -0.25) is 9.59 Å². The summed E-state index contributed by atoms with van der Waals surface area (Å²) in [7, 11) is 1.78. The molecule has 39 heavy (non-hydrogen) atoms. The normalized spacial score (nSPS) is 21.9. The Bertz CT molecular complexity index is 1300. The van der Waals surface area contributed by atoms with E-state index in [9.17, 15) is 24.8 Å². The average Bonchev–Trinajstić information content (AvgIpc) is 2.90. The van der Waals surface area contributed by atoms with Crippen molar-refractivity contribution in [2.75, 3.05) is 30.9 Å². The zero-order chi connectivity index (χ0) is 28.4. The highest BCUT2D eigenvalue weighted by Crippen LogP contribution is 2.40. The highest BCUT2D eigenvalue weighted by Gasteiger charge is 2.53. The van der Waals surface area contributed by atoms with Gasteiger partial charge in [0.15, 0.2) is 0 Å². The summed E-state index contributed by atoms with van der Waals surface area (Å²) in [6.45, 7) is 6.32. The molecule has 1 fully saturated rings. The summed E-state index contributed by atoms with van der Waals surface area (Å²) in [5.74, 6) is -0.424. The number of ether oxygens (including phenoxy) is 1. The molecule has 3 N–H and O–H groups in total. The maximum Gasteiger partial charge on any atom is 0.405 e. The van der Waals surface area contributed by atoms with Crippen molar-refractivity contribution >= 4 is 35.4 Å². The molecule has 2 aromatic carbocycles. The maximum atomic E-state index is 13.6. The van der Waals surface area contributed by atoms with Crippen molar-refractivity contribution in [3.05, 3.63) is 48.0 Å². The molecule has 0 bridgehead atoms. The summed E-state index contributed by atoms with van der Waals surface area (Å²) in [6, 6.07) is 15.1. The number of benzene rings is 2. The Balaban J connectivity index is 1.49. The number of carboxylic acid groups (broad SMARTS) is 1. The number of hydrogen-bond acceptors (Lipinski definition) is 6. The van der Waals surface area contributed by atoms with Crippen LogP contribution in [0.25, 0.3) is 11.1 Å². The van der Waals surface area contributed by atoms with Gasteiger partial charge in [-0.2, -0.15) is 5.26 Å². The lowest BCUT2D eigenvalue weighted by molar-refractivity contribution is -0.141. The van der Waals surface area contributed by atoms with Crippen molar-refractivity contribution in [1.29, 1.82) is 5.26 Å². The Kier molecular flexibility index (Phi) is 8.23. The summed E-state index contributed by atoms with van der Waals surface area (Å²) in [4.78, 5) is 40.0. The second kappa shape index (κ2) is 11.3. The Hall–Kier alpha value is -3.55. The lowest BCUT2D eigenvalue weighted by Gasteiger charge is -2.48. The fourth-order valence-corrected chi connectivity index (χ4v) is 6.39. The third-order valence-electron chi connectivity index (χ3n) is 7.54. The average molecular weight is 551 g/mol. The van der Waals surface area contributed by atoms with E-state index in [1.54, 1.807) is 11.9 Å². The molecule has 206 valence electrons. The molecule has 0 aromatic heterocycles. The van der Waals surface area contributed by atoms with Crippen molar-refractivity contribution in [3.63, 3.8) is 0 Å². The van der Waals surface area contributed by atoms with Crippen LogP contribution in [0.3, 0.4) is 0 Å². The van der Waals surface area contributed by atoms with E-state index < -0.39 is 34.9 Å². The molecule has 0 radical (unpaired) electrons. The first-order valence-corrected chi connectivity index (χ1v) is 13.9. The second-order valence-electron chi connectivity index (χ2n) is 11.1. The lowest BCUT2D eigenvalue weighted by atomic mass is 9.66. The molecule has 2 aliphatic heterocycles. The number of hydrogen-bond donors (Lipinski definition) is 3. The highest BCUT2D eigenvalue weighted by atomic mass is 32.2. The maximum absolute atomic E-state index is 13.6. The lowest BCUT2D eigenvalue weighted by Crippen LogP contribution is -2.69. The topological polar surface area (TPSA) is 132 Å². The standard InChI is InChI=1S/C29H34N4O5S/c1-28(2,3)24-16-38-12-11-29(24,32-27(36)37)26(35)31-21(15-30)13-18-5-7-19(8-6-18)20-9-10-22-23(14-20)39-17-25(34)33(22)4/h5-10,14,21,24,32H,11-13,16-17H2,1-4H3,(H,31,35)(H,36,37). The summed E-state index contributed by atoms with van der Waals surface area (Å²) < 4.78 is 5.61. The van der Waals surface area contributed by atoms with Crippen LogP contribution < -0.4 is 15.5 Å². The number of fused-ring (bicyclic) bond motifs is 1. The fourth-order valence-electron chi connectivity index (χ4n) is 5.35. The van der Waals surface area contributed by atoms with E-state index in [0.29, 0.717) is 5.75 Å². The first kappa shape index (κ1) is 28.5. The van der Waals surface area contributed by atoms with Gasteiger partial charge < -0.3 is 25.4 Å². The van der Waals surface area contributed by atoms with Crippen LogP contribution in [0.4, 0.5) is 10.5 Å². The third-order valence-corrected chi connectivity index (χ3v) is 8.56. The monoisotopic (exact) mass is 550 g/mol. The zero-order valence-electron chi connectivity index (χ0n) is 22.6. The number of amides is 3. The van der Waals surface area contributed by atoms with E-state index in [4.69, 9.17) is 4.74 Å². The van der Waals surface area contributed by atoms with E-state index >= 15 is 0 Å². The minimum absolute atomic E-state index is 0.0825. The van der Waals surface area contributed by atoms with Crippen LogP contribution in [0, 0.1) is 22.7 Å². The van der Waals surface area contributed by atoms with Crippen molar-refractivity contribution in [1.82, 2.24) is 10.6 Å². The van der Waals surface area contributed by atoms with Crippen molar-refractivity contribution in [3.8, 4) is 17.2 Å². The van der Waals surface area contributed by atoms with E-state index in [0.717, 1.165) is 27.3 Å². The first-order valence-electron chi connectivity index (χ1n) is 12.9. The Morgan fingerprint density at radius 3 is 2.56 bits per heavy atom. The van der Waals surface area contributed by atoms with Gasteiger partial charge in [0.1, 0.15) is 11.6 Å². The Morgan fingerprint density at radius 1 is 1.23 bits per heavy atom. The molecule has 0 saturated carbocycles. The molecule has 0 aliphatic carbocycles. The van der Waals surface area contributed by atoms with Crippen molar-refractivity contribution in [2.45, 2.75) is 50.1 Å². The quantitative estimate of drug-likeness (QED) is 0.494. The van der Waals surface area contributed by atoms with Gasteiger partial charge in [0.2, 0.25) is 11.8 Å². The van der Waals surface area contributed by atoms with Crippen LogP contribution in [0.1, 0.15) is 32.8 Å². The van der Waals surface area contributed by atoms with Crippen molar-refractivity contribution < 1.29 is 24.2 Å². The van der Waals surface area contributed by atoms with Crippen molar-refractivity contribution in [2.24, 2.45) is 11.3 Å². The summed E-state index contributed by atoms with van der Waals surface area (Å²) in [5, 5.41) is 24.7. The van der Waals surface area contributed by atoms with Crippen LogP contribution in [0.2, 0.25) is 0 Å². The number of thioether (sulfide) groups is 1.